The molecule has 3 unspecified atom stereocenters. The van der Waals surface area contributed by atoms with Gasteiger partial charge in [-0.25, -0.2) is 0 Å². The molecule has 1 aliphatic carbocycles. The van der Waals surface area contributed by atoms with Gasteiger partial charge >= 0.3 is 0 Å². The standard InChI is InChI=1S/C18H26N2O.ClH/c1-13-12-19-9-8-17(13)20-18(21)11-14-6-7-15-4-2-3-5-16(15)10-14;/h2-5,13-14,17,19H,6-12H2,1H3,(H,20,21);1H. The van der Waals surface area contributed by atoms with Crippen molar-refractivity contribution < 1.29 is 4.79 Å². The van der Waals surface area contributed by atoms with Crippen LogP contribution in [0.4, 0.5) is 0 Å². The smallest absolute Gasteiger partial charge is 0.220 e. The Bertz CT molecular complexity index is 506. The predicted octanol–water partition coefficient (Wildman–Crippen LogP) is 2.72. The van der Waals surface area contributed by atoms with E-state index in [1.165, 1.54) is 11.1 Å². The molecule has 3 nitrogen and oxygen atoms in total. The number of halogens is 1. The summed E-state index contributed by atoms with van der Waals surface area (Å²) in [5.41, 5.74) is 2.91. The summed E-state index contributed by atoms with van der Waals surface area (Å²) in [5, 5.41) is 6.64. The molecule has 3 rings (SSSR count). The van der Waals surface area contributed by atoms with Crippen molar-refractivity contribution in [1.82, 2.24) is 10.6 Å². The van der Waals surface area contributed by atoms with Crippen molar-refractivity contribution in [1.29, 1.82) is 0 Å². The number of amides is 1. The molecular weight excluding hydrogens is 296 g/mol. The van der Waals surface area contributed by atoms with Gasteiger partial charge < -0.3 is 10.6 Å². The Balaban J connectivity index is 0.00000176. The summed E-state index contributed by atoms with van der Waals surface area (Å²) in [6.07, 6.45) is 5.07. The van der Waals surface area contributed by atoms with Crippen molar-refractivity contribution in [2.75, 3.05) is 13.1 Å². The quantitative estimate of drug-likeness (QED) is 0.898. The summed E-state index contributed by atoms with van der Waals surface area (Å²) >= 11 is 0. The van der Waals surface area contributed by atoms with Crippen molar-refractivity contribution in [3.63, 3.8) is 0 Å². The summed E-state index contributed by atoms with van der Waals surface area (Å²) < 4.78 is 0. The molecule has 2 N–H and O–H groups in total. The first kappa shape index (κ1) is 17.3. The predicted molar refractivity (Wildman–Crippen MR) is 92.4 cm³/mol. The maximum absolute atomic E-state index is 12.3. The minimum Gasteiger partial charge on any atom is -0.353 e. The first-order valence-corrected chi connectivity index (χ1v) is 8.29. The van der Waals surface area contributed by atoms with E-state index in [-0.39, 0.29) is 18.3 Å². The molecule has 0 radical (unpaired) electrons. The van der Waals surface area contributed by atoms with Crippen LogP contribution in [0, 0.1) is 11.8 Å². The monoisotopic (exact) mass is 322 g/mol. The molecule has 1 fully saturated rings. The van der Waals surface area contributed by atoms with Gasteiger partial charge in [0.25, 0.3) is 0 Å². The van der Waals surface area contributed by atoms with Gasteiger partial charge in [0.2, 0.25) is 5.91 Å². The van der Waals surface area contributed by atoms with E-state index in [2.05, 4.69) is 41.8 Å². The Morgan fingerprint density at radius 1 is 1.27 bits per heavy atom. The third kappa shape index (κ3) is 4.23. The molecular formula is C18H27ClN2O. The fraction of sp³-hybridized carbons (Fsp3) is 0.611. The van der Waals surface area contributed by atoms with Crippen molar-refractivity contribution in [2.24, 2.45) is 11.8 Å². The first-order valence-electron chi connectivity index (χ1n) is 8.29. The second kappa shape index (κ2) is 7.98. The fourth-order valence-corrected chi connectivity index (χ4v) is 3.70. The number of piperidine rings is 1. The van der Waals surface area contributed by atoms with Crippen molar-refractivity contribution >= 4 is 18.3 Å². The zero-order valence-electron chi connectivity index (χ0n) is 13.3. The van der Waals surface area contributed by atoms with E-state index >= 15 is 0 Å². The van der Waals surface area contributed by atoms with Gasteiger partial charge in [0, 0.05) is 12.5 Å². The molecule has 4 heteroatoms. The number of carbonyl (C=O) groups excluding carboxylic acids is 1. The van der Waals surface area contributed by atoms with Crippen LogP contribution in [0.3, 0.4) is 0 Å². The second-order valence-corrected chi connectivity index (χ2v) is 6.73. The van der Waals surface area contributed by atoms with Crippen molar-refractivity contribution in [2.45, 2.75) is 45.1 Å². The van der Waals surface area contributed by atoms with Gasteiger partial charge in [-0.15, -0.1) is 12.4 Å². The molecule has 0 aromatic heterocycles. The molecule has 1 aromatic carbocycles. The highest BCUT2D eigenvalue weighted by Crippen LogP contribution is 2.27. The first-order chi connectivity index (χ1) is 10.2. The lowest BCUT2D eigenvalue weighted by atomic mass is 9.82. The molecule has 0 saturated carbocycles. The molecule has 0 bridgehead atoms. The Labute approximate surface area is 139 Å². The maximum Gasteiger partial charge on any atom is 0.220 e. The Hall–Kier alpha value is -1.06. The highest BCUT2D eigenvalue weighted by Gasteiger charge is 2.25. The molecule has 1 aliphatic heterocycles. The van der Waals surface area contributed by atoms with Crippen LogP contribution in [-0.4, -0.2) is 25.0 Å². The molecule has 1 amide bonds. The van der Waals surface area contributed by atoms with Gasteiger partial charge in [-0.05, 0) is 61.7 Å². The molecule has 1 saturated heterocycles. The lowest BCUT2D eigenvalue weighted by Gasteiger charge is -2.31. The van der Waals surface area contributed by atoms with Gasteiger partial charge in [-0.3, -0.25) is 4.79 Å². The van der Waals surface area contributed by atoms with Crippen LogP contribution in [0.1, 0.15) is 37.3 Å². The average Bonchev–Trinajstić information content (AvgIpc) is 2.49. The van der Waals surface area contributed by atoms with E-state index in [0.29, 0.717) is 24.3 Å². The summed E-state index contributed by atoms with van der Waals surface area (Å²) in [7, 11) is 0. The summed E-state index contributed by atoms with van der Waals surface area (Å²) in [6, 6.07) is 9.02. The Morgan fingerprint density at radius 2 is 2.05 bits per heavy atom. The highest BCUT2D eigenvalue weighted by atomic mass is 35.5. The lowest BCUT2D eigenvalue weighted by Crippen LogP contribution is -2.48. The van der Waals surface area contributed by atoms with Gasteiger partial charge in [0.05, 0.1) is 0 Å². The molecule has 3 atom stereocenters. The second-order valence-electron chi connectivity index (χ2n) is 6.73. The number of hydrogen-bond donors (Lipinski definition) is 2. The van der Waals surface area contributed by atoms with Crippen LogP contribution in [0.25, 0.3) is 0 Å². The van der Waals surface area contributed by atoms with E-state index in [1.54, 1.807) is 0 Å². The molecule has 0 spiro atoms. The third-order valence-corrected chi connectivity index (χ3v) is 5.05. The SMILES string of the molecule is CC1CNCCC1NC(=O)CC1CCc2ccccc2C1.Cl. The Kier molecular flexibility index (Phi) is 6.27. The summed E-state index contributed by atoms with van der Waals surface area (Å²) in [6.45, 7) is 4.25. The number of hydrogen-bond acceptors (Lipinski definition) is 2. The number of nitrogens with one attached hydrogen (secondary N) is 2. The minimum absolute atomic E-state index is 0. The van der Waals surface area contributed by atoms with Crippen LogP contribution >= 0.6 is 12.4 Å². The number of carbonyl (C=O) groups is 1. The zero-order chi connectivity index (χ0) is 14.7. The molecule has 1 heterocycles. The lowest BCUT2D eigenvalue weighted by molar-refractivity contribution is -0.123. The van der Waals surface area contributed by atoms with Crippen LogP contribution in [0.15, 0.2) is 24.3 Å². The van der Waals surface area contributed by atoms with Crippen molar-refractivity contribution in [3.8, 4) is 0 Å². The number of aryl methyl sites for hydroxylation is 1. The van der Waals surface area contributed by atoms with E-state index in [1.807, 2.05) is 0 Å². The molecule has 2 aliphatic rings. The van der Waals surface area contributed by atoms with Gasteiger partial charge in [0.15, 0.2) is 0 Å². The van der Waals surface area contributed by atoms with Crippen LogP contribution in [0.5, 0.6) is 0 Å². The van der Waals surface area contributed by atoms with E-state index in [0.717, 1.165) is 38.8 Å². The summed E-state index contributed by atoms with van der Waals surface area (Å²) in [4.78, 5) is 12.3. The number of benzene rings is 1. The number of rotatable bonds is 3. The van der Waals surface area contributed by atoms with Gasteiger partial charge in [-0.1, -0.05) is 31.2 Å². The molecule has 122 valence electrons. The highest BCUT2D eigenvalue weighted by molar-refractivity contribution is 5.85. The van der Waals surface area contributed by atoms with Crippen LogP contribution in [0.2, 0.25) is 0 Å². The number of fused-ring (bicyclic) bond motifs is 1. The topological polar surface area (TPSA) is 41.1 Å². The summed E-state index contributed by atoms with van der Waals surface area (Å²) in [5.74, 6) is 1.30. The fourth-order valence-electron chi connectivity index (χ4n) is 3.70. The third-order valence-electron chi connectivity index (χ3n) is 5.05. The van der Waals surface area contributed by atoms with Crippen LogP contribution in [-0.2, 0) is 17.6 Å². The molecule has 22 heavy (non-hydrogen) atoms. The van der Waals surface area contributed by atoms with Gasteiger partial charge in [-0.2, -0.15) is 0 Å². The van der Waals surface area contributed by atoms with E-state index in [9.17, 15) is 4.79 Å². The van der Waals surface area contributed by atoms with Crippen molar-refractivity contribution in [3.05, 3.63) is 35.4 Å². The normalized spacial score (nSPS) is 27.4. The molecule has 1 aromatic rings. The van der Waals surface area contributed by atoms with Crippen LogP contribution < -0.4 is 10.6 Å². The van der Waals surface area contributed by atoms with E-state index in [4.69, 9.17) is 0 Å². The zero-order valence-corrected chi connectivity index (χ0v) is 14.1. The largest absolute Gasteiger partial charge is 0.353 e. The Morgan fingerprint density at radius 3 is 2.82 bits per heavy atom. The average molecular weight is 323 g/mol. The van der Waals surface area contributed by atoms with E-state index < -0.39 is 0 Å². The minimum atomic E-state index is 0. The van der Waals surface area contributed by atoms with Gasteiger partial charge in [0.1, 0.15) is 0 Å². The maximum atomic E-state index is 12.3.